The van der Waals surface area contributed by atoms with Crippen molar-refractivity contribution in [2.24, 2.45) is 0 Å². The van der Waals surface area contributed by atoms with Crippen LogP contribution in [0.15, 0.2) is 24.0 Å². The first-order chi connectivity index (χ1) is 14.7. The third-order valence-electron chi connectivity index (χ3n) is 5.43. The lowest BCUT2D eigenvalue weighted by molar-refractivity contribution is -0.0445. The number of phenolic OH excluding ortho intramolecular Hbond substituents is 2. The third-order valence-corrected chi connectivity index (χ3v) is 5.43. The lowest BCUT2D eigenvalue weighted by atomic mass is 9.79. The second kappa shape index (κ2) is 7.27. The van der Waals surface area contributed by atoms with Gasteiger partial charge in [-0.3, -0.25) is 9.59 Å². The van der Waals surface area contributed by atoms with E-state index < -0.39 is 52.1 Å². The van der Waals surface area contributed by atoms with Crippen LogP contribution in [0.25, 0.3) is 0 Å². The molecule has 0 amide bonds. The molecule has 4 rings (SSSR count). The number of ketones is 2. The number of likely N-dealkylation sites (N-methyl/N-ethyl adjacent to an activating group) is 1. The van der Waals surface area contributed by atoms with Gasteiger partial charge in [-0.15, -0.1) is 0 Å². The molecule has 0 radical (unpaired) electrons. The van der Waals surface area contributed by atoms with Crippen molar-refractivity contribution in [2.75, 3.05) is 20.8 Å². The summed E-state index contributed by atoms with van der Waals surface area (Å²) in [4.78, 5) is 26.6. The zero-order valence-electron chi connectivity index (χ0n) is 16.5. The number of carbonyl (C=O) groups is 2. The number of aliphatic hydroxyl groups excluding tert-OH is 2. The average Bonchev–Trinajstić information content (AvgIpc) is 2.89. The molecule has 10 heteroatoms. The normalized spacial score (nSPS) is 17.3. The van der Waals surface area contributed by atoms with Gasteiger partial charge in [0.05, 0.1) is 29.8 Å². The van der Waals surface area contributed by atoms with Gasteiger partial charge in [0.25, 0.3) is 0 Å². The summed E-state index contributed by atoms with van der Waals surface area (Å²) in [6.07, 6.45) is -0.924. The molecule has 0 saturated carbocycles. The molecule has 31 heavy (non-hydrogen) atoms. The Kier molecular flexibility index (Phi) is 4.85. The molecule has 0 saturated heterocycles. The van der Waals surface area contributed by atoms with Crippen molar-refractivity contribution in [3.8, 4) is 23.0 Å². The van der Waals surface area contributed by atoms with Crippen LogP contribution < -0.4 is 14.8 Å². The van der Waals surface area contributed by atoms with Gasteiger partial charge >= 0.3 is 0 Å². The van der Waals surface area contributed by atoms with Crippen molar-refractivity contribution < 1.29 is 44.6 Å². The summed E-state index contributed by atoms with van der Waals surface area (Å²) in [6.45, 7) is -0.0312. The molecule has 1 heterocycles. The molecule has 0 unspecified atom stereocenters. The Morgan fingerprint density at radius 2 is 1.74 bits per heavy atom. The predicted molar refractivity (Wildman–Crippen MR) is 105 cm³/mol. The van der Waals surface area contributed by atoms with Crippen molar-refractivity contribution in [3.05, 3.63) is 57.3 Å². The minimum atomic E-state index is -2.30. The first-order valence-corrected chi connectivity index (χ1v) is 9.21. The monoisotopic (exact) mass is 429 g/mol. The summed E-state index contributed by atoms with van der Waals surface area (Å²) in [5, 5.41) is 54.0. The summed E-state index contributed by atoms with van der Waals surface area (Å²) >= 11 is 0. The second-order valence-corrected chi connectivity index (χ2v) is 7.02. The molecule has 0 aromatic heterocycles. The summed E-state index contributed by atoms with van der Waals surface area (Å²) in [5.74, 6) is -3.24. The largest absolute Gasteiger partial charge is 0.510 e. The van der Waals surface area contributed by atoms with Crippen LogP contribution in [0, 0.1) is 0 Å². The van der Waals surface area contributed by atoms with Gasteiger partial charge in [-0.25, -0.2) is 0 Å². The quantitative estimate of drug-likeness (QED) is 0.330. The molecule has 162 valence electrons. The molecule has 10 nitrogen and oxygen atoms in total. The van der Waals surface area contributed by atoms with E-state index in [2.05, 4.69) is 5.32 Å². The van der Waals surface area contributed by atoms with Crippen LogP contribution in [-0.2, 0) is 0 Å². The highest BCUT2D eigenvalue weighted by Gasteiger charge is 2.41. The molecule has 1 aliphatic carbocycles. The Balaban J connectivity index is 2.05. The molecule has 0 spiro atoms. The molecule has 6 N–H and O–H groups in total. The highest BCUT2D eigenvalue weighted by atomic mass is 16.5. The van der Waals surface area contributed by atoms with Gasteiger partial charge in [0.2, 0.25) is 0 Å². The highest BCUT2D eigenvalue weighted by Crippen LogP contribution is 2.48. The van der Waals surface area contributed by atoms with E-state index in [1.54, 1.807) is 0 Å². The average molecular weight is 429 g/mol. The second-order valence-electron chi connectivity index (χ2n) is 7.02. The van der Waals surface area contributed by atoms with Gasteiger partial charge < -0.3 is 40.3 Å². The number of methoxy groups -OCH3 is 1. The van der Waals surface area contributed by atoms with E-state index in [-0.39, 0.29) is 40.6 Å². The van der Waals surface area contributed by atoms with Gasteiger partial charge in [-0.2, -0.15) is 0 Å². The number of nitrogens with one attached hydrogen (secondary N) is 1. The van der Waals surface area contributed by atoms with Crippen LogP contribution in [0.3, 0.4) is 0 Å². The third kappa shape index (κ3) is 2.84. The number of ether oxygens (including phenoxy) is 2. The number of aromatic hydroxyl groups is 2. The molecule has 1 atom stereocenters. The standard InChI is InChI=1S/C21H19NO9/c1-22-16-9(23)3-4-31-10-5-8-13(20(27)14(10)16)19(26)12-7(17(8)24)6-11(30-2)18(25)15(12)21(28)29/h3,5-6,16,21-23,25,27-29H,4H2,1-2H3/t16-/m1/s1. The summed E-state index contributed by atoms with van der Waals surface area (Å²) in [7, 11) is 2.73. The van der Waals surface area contributed by atoms with Crippen molar-refractivity contribution in [1.29, 1.82) is 0 Å². The lowest BCUT2D eigenvalue weighted by Gasteiger charge is -2.26. The van der Waals surface area contributed by atoms with Crippen LogP contribution in [0.5, 0.6) is 23.0 Å². The van der Waals surface area contributed by atoms with E-state index in [1.807, 2.05) is 0 Å². The van der Waals surface area contributed by atoms with Crippen LogP contribution >= 0.6 is 0 Å². The minimum absolute atomic E-state index is 0.0312. The molecule has 2 aromatic carbocycles. The molecule has 2 aliphatic rings. The van der Waals surface area contributed by atoms with Crippen molar-refractivity contribution >= 4 is 11.6 Å². The zero-order valence-corrected chi connectivity index (χ0v) is 16.5. The number of hydrogen-bond donors (Lipinski definition) is 6. The van der Waals surface area contributed by atoms with Gasteiger partial charge in [0.15, 0.2) is 29.4 Å². The van der Waals surface area contributed by atoms with E-state index in [9.17, 15) is 35.1 Å². The van der Waals surface area contributed by atoms with E-state index in [4.69, 9.17) is 9.47 Å². The van der Waals surface area contributed by atoms with Gasteiger partial charge in [0.1, 0.15) is 23.9 Å². The van der Waals surface area contributed by atoms with Crippen molar-refractivity contribution in [1.82, 2.24) is 5.32 Å². The Hall–Kier alpha value is -3.60. The molecule has 0 bridgehead atoms. The Bertz CT molecular complexity index is 1170. The fourth-order valence-corrected chi connectivity index (χ4v) is 4.01. The first-order valence-electron chi connectivity index (χ1n) is 9.21. The first kappa shape index (κ1) is 20.7. The Labute approximate surface area is 175 Å². The maximum absolute atomic E-state index is 13.4. The van der Waals surface area contributed by atoms with Crippen LogP contribution in [0.1, 0.15) is 55.3 Å². The van der Waals surface area contributed by atoms with E-state index in [1.165, 1.54) is 26.3 Å². The maximum Gasteiger partial charge on any atom is 0.198 e. The SMILES string of the molecule is CN[C@@H]1C(O)=CCOc2cc3c(c(O)c21)C(=O)c1c(cc(OC)c(O)c1C(O)O)C3=O. The summed E-state index contributed by atoms with van der Waals surface area (Å²) in [5.41, 5.74) is -1.83. The fourth-order valence-electron chi connectivity index (χ4n) is 4.01. The van der Waals surface area contributed by atoms with Crippen molar-refractivity contribution in [2.45, 2.75) is 12.3 Å². The van der Waals surface area contributed by atoms with Gasteiger partial charge in [-0.05, 0) is 25.3 Å². The molecule has 1 aliphatic heterocycles. The smallest absolute Gasteiger partial charge is 0.198 e. The molecule has 0 fully saturated rings. The molecule has 2 aromatic rings. The number of hydrogen-bond acceptors (Lipinski definition) is 10. The van der Waals surface area contributed by atoms with Crippen LogP contribution in [-0.4, -0.2) is 57.9 Å². The maximum atomic E-state index is 13.4. The van der Waals surface area contributed by atoms with Gasteiger partial charge in [0, 0.05) is 16.7 Å². The van der Waals surface area contributed by atoms with E-state index >= 15 is 0 Å². The van der Waals surface area contributed by atoms with Gasteiger partial charge in [-0.1, -0.05) is 0 Å². The van der Waals surface area contributed by atoms with E-state index in [0.717, 1.165) is 6.07 Å². The number of rotatable bonds is 3. The topological polar surface area (TPSA) is 166 Å². The number of fused-ring (bicyclic) bond motifs is 3. The lowest BCUT2D eigenvalue weighted by Crippen LogP contribution is -2.26. The molecular formula is C21H19NO9. The summed E-state index contributed by atoms with van der Waals surface area (Å²) in [6, 6.07) is 1.49. The van der Waals surface area contributed by atoms with Crippen LogP contribution in [0.4, 0.5) is 0 Å². The number of phenols is 2. The van der Waals surface area contributed by atoms with E-state index in [0.29, 0.717) is 0 Å². The van der Waals surface area contributed by atoms with Crippen molar-refractivity contribution in [3.63, 3.8) is 0 Å². The number of carbonyl (C=O) groups excluding carboxylic acids is 2. The molecular weight excluding hydrogens is 410 g/mol. The Morgan fingerprint density at radius 1 is 1.06 bits per heavy atom. The predicted octanol–water partition coefficient (Wildman–Crippen LogP) is 0.960. The minimum Gasteiger partial charge on any atom is -0.510 e. The van der Waals surface area contributed by atoms with Crippen LogP contribution in [0.2, 0.25) is 0 Å². The number of aliphatic hydroxyl groups is 3. The highest BCUT2D eigenvalue weighted by molar-refractivity contribution is 6.30. The fraction of sp³-hybridized carbons (Fsp3) is 0.238. The summed E-state index contributed by atoms with van der Waals surface area (Å²) < 4.78 is 10.5. The Morgan fingerprint density at radius 3 is 2.35 bits per heavy atom. The zero-order chi connectivity index (χ0) is 22.6. The number of benzene rings is 2.